The van der Waals surface area contributed by atoms with E-state index in [4.69, 9.17) is 5.73 Å². The van der Waals surface area contributed by atoms with Crippen LogP contribution in [0.25, 0.3) is 5.57 Å². The Morgan fingerprint density at radius 3 is 2.19 bits per heavy atom. The Hall–Kier alpha value is -2.53. The van der Waals surface area contributed by atoms with Gasteiger partial charge in [0.25, 0.3) is 0 Å². The van der Waals surface area contributed by atoms with Crippen LogP contribution < -0.4 is 5.73 Å². The number of carbonyl (C=O) groups is 2. The van der Waals surface area contributed by atoms with Crippen LogP contribution in [0.4, 0.5) is 5.69 Å². The lowest BCUT2D eigenvalue weighted by atomic mass is 9.85. The Labute approximate surface area is 126 Å². The number of anilines is 1. The van der Waals surface area contributed by atoms with E-state index in [1.54, 1.807) is 30.3 Å². The van der Waals surface area contributed by atoms with Crippen LogP contribution in [0, 0.1) is 0 Å². The third kappa shape index (κ3) is 2.11. The molecule has 0 atom stereocenters. The lowest BCUT2D eigenvalue weighted by Gasteiger charge is -2.18. The third-order valence-corrected chi connectivity index (χ3v) is 3.58. The molecule has 0 saturated carbocycles. The van der Waals surface area contributed by atoms with Gasteiger partial charge in [0.2, 0.25) is 5.78 Å². The summed E-state index contributed by atoms with van der Waals surface area (Å²) in [6.07, 6.45) is 0. The number of hydrogen-bond donors (Lipinski definition) is 3. The first-order valence-electron chi connectivity index (χ1n) is 6.20. The first-order chi connectivity index (χ1) is 9.99. The SMILES string of the molecule is Nc1cc(S)cc(C2=C(O)C(=O)c3ccccc3C2=O)c1. The number of rotatable bonds is 1. The highest BCUT2D eigenvalue weighted by atomic mass is 32.1. The van der Waals surface area contributed by atoms with Crippen molar-refractivity contribution in [2.24, 2.45) is 0 Å². The number of carbonyl (C=O) groups excluding carboxylic acids is 2. The van der Waals surface area contributed by atoms with Crippen molar-refractivity contribution >= 4 is 35.5 Å². The molecule has 0 spiro atoms. The third-order valence-electron chi connectivity index (χ3n) is 3.32. The highest BCUT2D eigenvalue weighted by molar-refractivity contribution is 7.80. The normalized spacial score (nSPS) is 14.3. The van der Waals surface area contributed by atoms with Crippen LogP contribution in [0.15, 0.2) is 53.1 Å². The van der Waals surface area contributed by atoms with Crippen molar-refractivity contribution in [1.29, 1.82) is 0 Å². The maximum absolute atomic E-state index is 12.6. The molecule has 5 heteroatoms. The average molecular weight is 297 g/mol. The number of benzene rings is 2. The summed E-state index contributed by atoms with van der Waals surface area (Å²) >= 11 is 4.20. The topological polar surface area (TPSA) is 80.4 Å². The Morgan fingerprint density at radius 2 is 1.57 bits per heavy atom. The maximum Gasteiger partial charge on any atom is 0.228 e. The van der Waals surface area contributed by atoms with Crippen LogP contribution in [-0.4, -0.2) is 16.7 Å². The molecule has 0 amide bonds. The molecule has 3 rings (SSSR count). The molecule has 21 heavy (non-hydrogen) atoms. The van der Waals surface area contributed by atoms with Gasteiger partial charge in [-0.1, -0.05) is 24.3 Å². The Kier molecular flexibility index (Phi) is 3.07. The molecule has 0 heterocycles. The highest BCUT2D eigenvalue weighted by Gasteiger charge is 2.32. The van der Waals surface area contributed by atoms with Gasteiger partial charge in [-0.3, -0.25) is 9.59 Å². The van der Waals surface area contributed by atoms with Crippen LogP contribution >= 0.6 is 12.6 Å². The number of nitrogen functional groups attached to an aromatic ring is 1. The number of aliphatic hydroxyl groups is 1. The quantitative estimate of drug-likeness (QED) is 0.558. The molecule has 1 aliphatic rings. The molecule has 0 fully saturated rings. The van der Waals surface area contributed by atoms with E-state index in [1.165, 1.54) is 12.1 Å². The molecule has 0 aromatic heterocycles. The molecular weight excluding hydrogens is 286 g/mol. The predicted molar refractivity (Wildman–Crippen MR) is 82.8 cm³/mol. The van der Waals surface area contributed by atoms with Gasteiger partial charge >= 0.3 is 0 Å². The summed E-state index contributed by atoms with van der Waals surface area (Å²) in [5, 5.41) is 10.1. The first-order valence-corrected chi connectivity index (χ1v) is 6.65. The number of allylic oxidation sites excluding steroid dienone is 2. The van der Waals surface area contributed by atoms with Gasteiger partial charge in [0, 0.05) is 21.7 Å². The van der Waals surface area contributed by atoms with E-state index in [2.05, 4.69) is 12.6 Å². The fourth-order valence-corrected chi connectivity index (χ4v) is 2.70. The van der Waals surface area contributed by atoms with Crippen molar-refractivity contribution in [2.75, 3.05) is 5.73 Å². The van der Waals surface area contributed by atoms with Gasteiger partial charge in [-0.05, 0) is 23.8 Å². The summed E-state index contributed by atoms with van der Waals surface area (Å²) in [6.45, 7) is 0. The van der Waals surface area contributed by atoms with Crippen molar-refractivity contribution in [3.05, 3.63) is 64.9 Å². The summed E-state index contributed by atoms with van der Waals surface area (Å²) in [4.78, 5) is 25.3. The molecule has 2 aromatic rings. The van der Waals surface area contributed by atoms with Gasteiger partial charge in [0.05, 0.1) is 5.57 Å². The number of hydrogen-bond acceptors (Lipinski definition) is 5. The molecule has 0 aliphatic heterocycles. The molecule has 1 aliphatic carbocycles. The maximum atomic E-state index is 12.6. The van der Waals surface area contributed by atoms with E-state index in [9.17, 15) is 14.7 Å². The summed E-state index contributed by atoms with van der Waals surface area (Å²) in [7, 11) is 0. The van der Waals surface area contributed by atoms with Crippen LogP contribution in [0.2, 0.25) is 0 Å². The van der Waals surface area contributed by atoms with Crippen molar-refractivity contribution in [1.82, 2.24) is 0 Å². The smallest absolute Gasteiger partial charge is 0.228 e. The number of nitrogens with two attached hydrogens (primary N) is 1. The first kappa shape index (κ1) is 13.5. The number of aliphatic hydroxyl groups excluding tert-OH is 1. The van der Waals surface area contributed by atoms with E-state index >= 15 is 0 Å². The zero-order valence-electron chi connectivity index (χ0n) is 10.8. The molecule has 0 saturated heterocycles. The van der Waals surface area contributed by atoms with E-state index in [0.29, 0.717) is 16.1 Å². The molecule has 0 unspecified atom stereocenters. The second-order valence-corrected chi connectivity index (χ2v) is 5.26. The zero-order valence-corrected chi connectivity index (χ0v) is 11.7. The molecular formula is C16H11NO3S. The van der Waals surface area contributed by atoms with E-state index in [1.807, 2.05) is 0 Å². The number of fused-ring (bicyclic) bond motifs is 1. The molecule has 3 N–H and O–H groups in total. The fraction of sp³-hybridized carbons (Fsp3) is 0. The number of Topliss-reactive ketones (excluding diaryl/α,β-unsaturated/α-hetero) is 2. The fourth-order valence-electron chi connectivity index (χ4n) is 2.41. The van der Waals surface area contributed by atoms with E-state index < -0.39 is 17.3 Å². The van der Waals surface area contributed by atoms with Crippen molar-refractivity contribution in [3.63, 3.8) is 0 Å². The molecule has 4 nitrogen and oxygen atoms in total. The Bertz CT molecular complexity index is 804. The predicted octanol–water partition coefficient (Wildman–Crippen LogP) is 2.91. The van der Waals surface area contributed by atoms with Crippen molar-refractivity contribution < 1.29 is 14.7 Å². The molecule has 2 aromatic carbocycles. The Morgan fingerprint density at radius 1 is 0.952 bits per heavy atom. The van der Waals surface area contributed by atoms with Crippen LogP contribution in [-0.2, 0) is 0 Å². The monoisotopic (exact) mass is 297 g/mol. The summed E-state index contributed by atoms with van der Waals surface area (Å²) in [5.74, 6) is -1.53. The van der Waals surface area contributed by atoms with E-state index in [0.717, 1.165) is 0 Å². The van der Waals surface area contributed by atoms with Crippen LogP contribution in [0.3, 0.4) is 0 Å². The Balaban J connectivity index is 2.25. The van der Waals surface area contributed by atoms with Crippen LogP contribution in [0.5, 0.6) is 0 Å². The summed E-state index contributed by atoms with van der Waals surface area (Å²) < 4.78 is 0. The molecule has 0 radical (unpaired) electrons. The minimum absolute atomic E-state index is 0.0405. The van der Waals surface area contributed by atoms with E-state index in [-0.39, 0.29) is 16.7 Å². The van der Waals surface area contributed by atoms with Gasteiger partial charge in [0.1, 0.15) is 0 Å². The van der Waals surface area contributed by atoms with Gasteiger partial charge in [-0.15, -0.1) is 12.6 Å². The standard InChI is InChI=1S/C16H11NO3S/c17-9-5-8(6-10(21)7-9)13-14(18)11-3-1-2-4-12(11)15(19)16(13)20/h1-7,20-21H,17H2. The van der Waals surface area contributed by atoms with Gasteiger partial charge in [0.15, 0.2) is 11.5 Å². The van der Waals surface area contributed by atoms with Gasteiger partial charge in [-0.25, -0.2) is 0 Å². The van der Waals surface area contributed by atoms with Gasteiger partial charge in [-0.2, -0.15) is 0 Å². The lowest BCUT2D eigenvalue weighted by Crippen LogP contribution is -2.21. The molecule has 104 valence electrons. The lowest BCUT2D eigenvalue weighted by molar-refractivity contribution is 0.0947. The number of ketones is 2. The second kappa shape index (κ2) is 4.79. The minimum atomic E-state index is -0.566. The zero-order chi connectivity index (χ0) is 15.1. The summed E-state index contributed by atoms with van der Waals surface area (Å²) in [5.41, 5.74) is 6.96. The average Bonchev–Trinajstić information content (AvgIpc) is 2.44. The highest BCUT2D eigenvalue weighted by Crippen LogP contribution is 2.32. The molecule has 0 bridgehead atoms. The largest absolute Gasteiger partial charge is 0.504 e. The second-order valence-electron chi connectivity index (χ2n) is 4.74. The van der Waals surface area contributed by atoms with Crippen molar-refractivity contribution in [2.45, 2.75) is 4.90 Å². The summed E-state index contributed by atoms with van der Waals surface area (Å²) in [6, 6.07) is 11.1. The van der Waals surface area contributed by atoms with Gasteiger partial charge < -0.3 is 10.8 Å². The van der Waals surface area contributed by atoms with Crippen LogP contribution in [0.1, 0.15) is 26.3 Å². The number of thiol groups is 1. The minimum Gasteiger partial charge on any atom is -0.504 e. The van der Waals surface area contributed by atoms with Crippen molar-refractivity contribution in [3.8, 4) is 0 Å².